The quantitative estimate of drug-likeness (QED) is 0.449. The van der Waals surface area contributed by atoms with Crippen LogP contribution in [0.25, 0.3) is 4.95 Å². The SMILES string of the molecule is [C-]#[N+]N(C1CCCCC1)C1CC1. The van der Waals surface area contributed by atoms with E-state index in [-0.39, 0.29) is 0 Å². The van der Waals surface area contributed by atoms with E-state index in [9.17, 15) is 0 Å². The van der Waals surface area contributed by atoms with Gasteiger partial charge in [0, 0.05) is 0 Å². The van der Waals surface area contributed by atoms with E-state index in [0.29, 0.717) is 12.1 Å². The van der Waals surface area contributed by atoms with E-state index in [2.05, 4.69) is 9.96 Å². The van der Waals surface area contributed by atoms with Gasteiger partial charge < -0.3 is 0 Å². The zero-order valence-electron chi connectivity index (χ0n) is 7.50. The van der Waals surface area contributed by atoms with Gasteiger partial charge in [0.1, 0.15) is 0 Å². The first-order chi connectivity index (χ1) is 5.92. The highest BCUT2D eigenvalue weighted by Gasteiger charge is 2.38. The summed E-state index contributed by atoms with van der Waals surface area (Å²) in [5.41, 5.74) is 0. The van der Waals surface area contributed by atoms with Crippen molar-refractivity contribution in [3.63, 3.8) is 0 Å². The van der Waals surface area contributed by atoms with Crippen LogP contribution in [0.3, 0.4) is 0 Å². The minimum absolute atomic E-state index is 0.601. The van der Waals surface area contributed by atoms with Gasteiger partial charge in [0.15, 0.2) is 0 Å². The molecule has 12 heavy (non-hydrogen) atoms. The molecule has 0 unspecified atom stereocenters. The van der Waals surface area contributed by atoms with Gasteiger partial charge in [-0.25, -0.2) is 0 Å². The number of rotatable bonds is 2. The molecule has 0 N–H and O–H groups in total. The Hall–Kier alpha value is -0.710. The first-order valence-electron chi connectivity index (χ1n) is 5.07. The summed E-state index contributed by atoms with van der Waals surface area (Å²) in [7, 11) is 0. The summed E-state index contributed by atoms with van der Waals surface area (Å²) in [6.07, 6.45) is 9.11. The second kappa shape index (κ2) is 3.35. The van der Waals surface area contributed by atoms with Gasteiger partial charge in [0.25, 0.3) is 0 Å². The molecule has 0 radical (unpaired) electrons. The van der Waals surface area contributed by atoms with Crippen molar-refractivity contribution in [1.29, 1.82) is 0 Å². The molecule has 0 spiro atoms. The van der Waals surface area contributed by atoms with Gasteiger partial charge in [-0.1, -0.05) is 19.3 Å². The molecule has 0 aromatic heterocycles. The van der Waals surface area contributed by atoms with Crippen LogP contribution in [0.5, 0.6) is 0 Å². The lowest BCUT2D eigenvalue weighted by molar-refractivity contribution is 0.206. The van der Waals surface area contributed by atoms with Crippen LogP contribution < -0.4 is 0 Å². The van der Waals surface area contributed by atoms with E-state index in [4.69, 9.17) is 6.57 Å². The number of hydrogen-bond acceptors (Lipinski definition) is 1. The van der Waals surface area contributed by atoms with Crippen LogP contribution >= 0.6 is 0 Å². The van der Waals surface area contributed by atoms with Crippen LogP contribution in [-0.4, -0.2) is 17.1 Å². The molecule has 0 aromatic rings. The molecule has 0 atom stereocenters. The molecule has 0 saturated heterocycles. The Kier molecular flexibility index (Phi) is 2.21. The normalized spacial score (nSPS) is 24.9. The first-order valence-corrected chi connectivity index (χ1v) is 5.07. The fourth-order valence-corrected chi connectivity index (χ4v) is 2.15. The monoisotopic (exact) mass is 164 g/mol. The maximum absolute atomic E-state index is 7.12. The van der Waals surface area contributed by atoms with E-state index in [0.717, 1.165) is 0 Å². The third kappa shape index (κ3) is 1.55. The van der Waals surface area contributed by atoms with E-state index in [1.807, 2.05) is 0 Å². The second-order valence-electron chi connectivity index (χ2n) is 4.00. The Balaban J connectivity index is 1.91. The van der Waals surface area contributed by atoms with Crippen LogP contribution in [0, 0.1) is 6.57 Å². The van der Waals surface area contributed by atoms with Gasteiger partial charge in [0.05, 0.1) is 12.1 Å². The molecule has 66 valence electrons. The van der Waals surface area contributed by atoms with Gasteiger partial charge in [0.2, 0.25) is 0 Å². The second-order valence-corrected chi connectivity index (χ2v) is 4.00. The largest absolute Gasteiger partial charge is 0.184 e. The highest BCUT2D eigenvalue weighted by atomic mass is 15.5. The fourth-order valence-electron chi connectivity index (χ4n) is 2.15. The molecule has 2 heteroatoms. The van der Waals surface area contributed by atoms with Gasteiger partial charge in [-0.2, -0.15) is 11.5 Å². The minimum atomic E-state index is 0.601. The first kappa shape index (κ1) is 7.91. The molecule has 2 aliphatic carbocycles. The third-order valence-corrected chi connectivity index (χ3v) is 2.99. The van der Waals surface area contributed by atoms with Crippen LogP contribution in [0.15, 0.2) is 0 Å². The Morgan fingerprint density at radius 1 is 0.917 bits per heavy atom. The van der Waals surface area contributed by atoms with Crippen molar-refractivity contribution in [3.05, 3.63) is 11.5 Å². The smallest absolute Gasteiger partial charge is 0.0973 e. The van der Waals surface area contributed by atoms with Gasteiger partial charge in [-0.05, 0) is 25.7 Å². The van der Waals surface area contributed by atoms with Crippen LogP contribution in [0.2, 0.25) is 0 Å². The molecule has 2 aliphatic rings. The van der Waals surface area contributed by atoms with E-state index >= 15 is 0 Å². The average molecular weight is 164 g/mol. The minimum Gasteiger partial charge on any atom is -0.184 e. The Bertz CT molecular complexity index is 185. The highest BCUT2D eigenvalue weighted by Crippen LogP contribution is 2.33. The summed E-state index contributed by atoms with van der Waals surface area (Å²) >= 11 is 0. The molecular formula is C10H16N2. The molecule has 0 bridgehead atoms. The van der Waals surface area contributed by atoms with Crippen LogP contribution in [-0.2, 0) is 0 Å². The van der Waals surface area contributed by atoms with E-state index in [1.165, 1.54) is 44.9 Å². The van der Waals surface area contributed by atoms with Crippen molar-refractivity contribution in [1.82, 2.24) is 5.01 Å². The maximum Gasteiger partial charge on any atom is 0.0973 e. The zero-order chi connectivity index (χ0) is 8.39. The van der Waals surface area contributed by atoms with Crippen molar-refractivity contribution >= 4 is 0 Å². The summed E-state index contributed by atoms with van der Waals surface area (Å²) in [6.45, 7) is 7.12. The molecule has 2 nitrogen and oxygen atoms in total. The lowest BCUT2D eigenvalue weighted by Crippen LogP contribution is -2.32. The highest BCUT2D eigenvalue weighted by molar-refractivity contribution is 4.91. The van der Waals surface area contributed by atoms with Crippen LogP contribution in [0.1, 0.15) is 44.9 Å². The molecule has 0 amide bonds. The summed E-state index contributed by atoms with van der Waals surface area (Å²) in [4.78, 5) is 3.66. The van der Waals surface area contributed by atoms with Crippen LogP contribution in [0.4, 0.5) is 0 Å². The molecule has 2 saturated carbocycles. The van der Waals surface area contributed by atoms with E-state index < -0.39 is 0 Å². The maximum atomic E-state index is 7.12. The molecular weight excluding hydrogens is 148 g/mol. The predicted molar refractivity (Wildman–Crippen MR) is 48.3 cm³/mol. The van der Waals surface area contributed by atoms with Crippen molar-refractivity contribution in [2.24, 2.45) is 0 Å². The zero-order valence-corrected chi connectivity index (χ0v) is 7.50. The van der Waals surface area contributed by atoms with Crippen molar-refractivity contribution in [2.45, 2.75) is 57.0 Å². The van der Waals surface area contributed by atoms with Gasteiger partial charge in [-0.3, -0.25) is 0 Å². The lowest BCUT2D eigenvalue weighted by atomic mass is 9.95. The molecule has 2 fully saturated rings. The lowest BCUT2D eigenvalue weighted by Gasteiger charge is -2.25. The summed E-state index contributed by atoms with van der Waals surface area (Å²) < 4.78 is 0. The topological polar surface area (TPSA) is 7.60 Å². The predicted octanol–water partition coefficient (Wildman–Crippen LogP) is 2.62. The Morgan fingerprint density at radius 3 is 2.00 bits per heavy atom. The van der Waals surface area contributed by atoms with Gasteiger partial charge >= 0.3 is 0 Å². The van der Waals surface area contributed by atoms with E-state index in [1.54, 1.807) is 0 Å². The number of hydrogen-bond donors (Lipinski definition) is 0. The summed E-state index contributed by atoms with van der Waals surface area (Å²) in [5, 5.41) is 2.05. The fraction of sp³-hybridized carbons (Fsp3) is 0.900. The Labute approximate surface area is 74.3 Å². The van der Waals surface area contributed by atoms with Crippen molar-refractivity contribution < 1.29 is 0 Å². The summed E-state index contributed by atoms with van der Waals surface area (Å²) in [6, 6.07) is 1.23. The molecule has 2 rings (SSSR count). The van der Waals surface area contributed by atoms with Crippen molar-refractivity contribution in [2.75, 3.05) is 0 Å². The third-order valence-electron chi connectivity index (χ3n) is 2.99. The molecule has 0 aliphatic heterocycles. The van der Waals surface area contributed by atoms with Gasteiger partial charge in [-0.15, -0.1) is 5.01 Å². The number of nitrogens with zero attached hydrogens (tertiary/aromatic N) is 2. The summed E-state index contributed by atoms with van der Waals surface area (Å²) in [5.74, 6) is 0. The van der Waals surface area contributed by atoms with Crippen molar-refractivity contribution in [3.8, 4) is 0 Å². The average Bonchev–Trinajstić information content (AvgIpc) is 2.92. The standard InChI is InChI=1S/C10H16N2/c1-11-12(10-7-8-10)9-5-3-2-4-6-9/h9-10H,2-8H2. The Morgan fingerprint density at radius 2 is 1.50 bits per heavy atom. The molecule has 0 heterocycles. The molecule has 0 aromatic carbocycles.